The maximum Gasteiger partial charge on any atom is 0.407 e. The van der Waals surface area contributed by atoms with Crippen LogP contribution in [0, 0.1) is 11.7 Å². The van der Waals surface area contributed by atoms with Gasteiger partial charge in [0.2, 0.25) is 0 Å². The van der Waals surface area contributed by atoms with Crippen LogP contribution in [0.5, 0.6) is 5.75 Å². The fourth-order valence-electron chi connectivity index (χ4n) is 5.16. The van der Waals surface area contributed by atoms with E-state index in [1.54, 1.807) is 46.0 Å². The highest BCUT2D eigenvalue weighted by molar-refractivity contribution is 5.94. The van der Waals surface area contributed by atoms with Crippen molar-refractivity contribution in [2.24, 2.45) is 5.92 Å². The van der Waals surface area contributed by atoms with Crippen LogP contribution in [0.15, 0.2) is 36.7 Å². The predicted molar refractivity (Wildman–Crippen MR) is 132 cm³/mol. The molecule has 10 nitrogen and oxygen atoms in total. The van der Waals surface area contributed by atoms with Crippen molar-refractivity contribution in [3.05, 3.63) is 53.6 Å². The van der Waals surface area contributed by atoms with Crippen LogP contribution in [0.4, 0.5) is 15.0 Å². The summed E-state index contributed by atoms with van der Waals surface area (Å²) >= 11 is 0. The molecule has 3 aromatic rings. The standard InChI is InChI=1S/C26H30FN5O5/c1-15(29-24(35)37-25(2,3)4)14-36-20-6-5-17(27)11-19(20)26-12-16(26)7-9-31(26)21-8-10-32-22(30-21)18(13-28-32)23(33)34/h5-6,8,10-11,13,15-16H,7,9,12,14H2,1-4H3,(H,29,35)(H,33,34). The Balaban J connectivity index is 1.40. The lowest BCUT2D eigenvalue weighted by atomic mass is 10.0. The summed E-state index contributed by atoms with van der Waals surface area (Å²) in [4.78, 5) is 30.4. The maximum atomic E-state index is 14.5. The second-order valence-electron chi connectivity index (χ2n) is 10.7. The third-order valence-electron chi connectivity index (χ3n) is 6.78. The topological polar surface area (TPSA) is 118 Å². The SMILES string of the molecule is CC(COc1ccc(F)cc1C12CC1CCN2c1ccn2ncc(C(=O)O)c2n1)NC(=O)OC(C)(C)C. The van der Waals surface area contributed by atoms with Crippen molar-refractivity contribution in [3.8, 4) is 5.75 Å². The molecule has 0 radical (unpaired) electrons. The number of carboxylic acid groups (broad SMARTS) is 1. The number of nitrogens with one attached hydrogen (secondary N) is 1. The highest BCUT2D eigenvalue weighted by Gasteiger charge is 2.64. The van der Waals surface area contributed by atoms with Crippen molar-refractivity contribution in [2.45, 2.75) is 57.7 Å². The molecule has 2 fully saturated rings. The van der Waals surface area contributed by atoms with Gasteiger partial charge in [-0.1, -0.05) is 0 Å². The summed E-state index contributed by atoms with van der Waals surface area (Å²) in [5.41, 5.74) is -0.132. The van der Waals surface area contributed by atoms with E-state index in [0.717, 1.165) is 12.8 Å². The molecule has 2 aliphatic rings. The minimum absolute atomic E-state index is 0.0173. The Hall–Kier alpha value is -3.89. The van der Waals surface area contributed by atoms with Gasteiger partial charge in [-0.05, 0) is 70.7 Å². The second-order valence-corrected chi connectivity index (χ2v) is 10.7. The van der Waals surface area contributed by atoms with Crippen molar-refractivity contribution in [1.29, 1.82) is 0 Å². The lowest BCUT2D eigenvalue weighted by molar-refractivity contribution is 0.0493. The first-order valence-electron chi connectivity index (χ1n) is 12.3. The van der Waals surface area contributed by atoms with Crippen LogP contribution in [-0.2, 0) is 10.3 Å². The van der Waals surface area contributed by atoms with Crippen molar-refractivity contribution in [1.82, 2.24) is 19.9 Å². The maximum absolute atomic E-state index is 14.5. The van der Waals surface area contributed by atoms with E-state index < -0.39 is 23.2 Å². The molecule has 1 aliphatic carbocycles. The number of hydrogen-bond acceptors (Lipinski definition) is 7. The Labute approximate surface area is 213 Å². The van der Waals surface area contributed by atoms with Gasteiger partial charge in [-0.25, -0.2) is 23.5 Å². The van der Waals surface area contributed by atoms with E-state index >= 15 is 0 Å². The van der Waals surface area contributed by atoms with Crippen LogP contribution < -0.4 is 15.0 Å². The Morgan fingerprint density at radius 1 is 1.32 bits per heavy atom. The number of halogens is 1. The lowest BCUT2D eigenvalue weighted by Gasteiger charge is -2.31. The molecule has 3 atom stereocenters. The first-order valence-corrected chi connectivity index (χ1v) is 12.3. The molecule has 5 rings (SSSR count). The van der Waals surface area contributed by atoms with Crippen LogP contribution in [0.2, 0.25) is 0 Å². The number of fused-ring (bicyclic) bond motifs is 2. The summed E-state index contributed by atoms with van der Waals surface area (Å²) in [6.45, 7) is 8.04. The number of nitrogens with zero attached hydrogens (tertiary/aromatic N) is 4. The molecule has 1 saturated heterocycles. The van der Waals surface area contributed by atoms with Gasteiger partial charge in [-0.3, -0.25) is 0 Å². The first-order chi connectivity index (χ1) is 17.5. The molecule has 2 N–H and O–H groups in total. The molecule has 1 aromatic carbocycles. The normalized spacial score (nSPS) is 21.4. The largest absolute Gasteiger partial charge is 0.491 e. The number of anilines is 1. The summed E-state index contributed by atoms with van der Waals surface area (Å²) in [5.74, 6) is -0.0525. The van der Waals surface area contributed by atoms with Gasteiger partial charge in [0.15, 0.2) is 5.65 Å². The summed E-state index contributed by atoms with van der Waals surface area (Å²) in [6.07, 6.45) is 4.12. The van der Waals surface area contributed by atoms with Gasteiger partial charge in [-0.2, -0.15) is 5.10 Å². The third-order valence-corrected chi connectivity index (χ3v) is 6.78. The van der Waals surface area contributed by atoms with E-state index in [4.69, 9.17) is 9.47 Å². The average Bonchev–Trinajstić information content (AvgIpc) is 3.18. The fourth-order valence-corrected chi connectivity index (χ4v) is 5.16. The zero-order chi connectivity index (χ0) is 26.5. The average molecular weight is 512 g/mol. The van der Waals surface area contributed by atoms with Crippen LogP contribution in [-0.4, -0.2) is 56.6 Å². The number of piperidine rings is 1. The Bertz CT molecular complexity index is 1370. The zero-order valence-electron chi connectivity index (χ0n) is 21.2. The molecule has 1 aliphatic heterocycles. The molecule has 1 amide bonds. The number of carbonyl (C=O) groups excluding carboxylic acids is 1. The van der Waals surface area contributed by atoms with Gasteiger partial charge in [0.1, 0.15) is 35.2 Å². The van der Waals surface area contributed by atoms with Crippen molar-refractivity contribution >= 4 is 23.5 Å². The van der Waals surface area contributed by atoms with Crippen molar-refractivity contribution in [3.63, 3.8) is 0 Å². The second kappa shape index (κ2) is 8.89. The third kappa shape index (κ3) is 4.65. The Morgan fingerprint density at radius 3 is 2.81 bits per heavy atom. The number of carbonyl (C=O) groups is 2. The molecule has 37 heavy (non-hydrogen) atoms. The lowest BCUT2D eigenvalue weighted by Crippen LogP contribution is -2.40. The van der Waals surface area contributed by atoms with Gasteiger partial charge in [0.05, 0.1) is 17.8 Å². The summed E-state index contributed by atoms with van der Waals surface area (Å²) in [6, 6.07) is 5.91. The minimum atomic E-state index is -1.10. The van der Waals surface area contributed by atoms with Crippen LogP contribution >= 0.6 is 0 Å². The van der Waals surface area contributed by atoms with Crippen LogP contribution in [0.1, 0.15) is 56.5 Å². The summed E-state index contributed by atoms with van der Waals surface area (Å²) in [7, 11) is 0. The number of alkyl carbamates (subject to hydrolysis) is 1. The highest BCUT2D eigenvalue weighted by Crippen LogP contribution is 2.64. The van der Waals surface area contributed by atoms with Gasteiger partial charge < -0.3 is 24.8 Å². The molecule has 3 unspecified atom stereocenters. The Morgan fingerprint density at radius 2 is 2.11 bits per heavy atom. The molecule has 1 saturated carbocycles. The summed E-state index contributed by atoms with van der Waals surface area (Å²) in [5, 5.41) is 16.3. The minimum Gasteiger partial charge on any atom is -0.491 e. The zero-order valence-corrected chi connectivity index (χ0v) is 21.2. The van der Waals surface area contributed by atoms with Gasteiger partial charge in [0.25, 0.3) is 0 Å². The molecule has 3 heterocycles. The van der Waals surface area contributed by atoms with E-state index in [1.807, 2.05) is 0 Å². The molecule has 196 valence electrons. The molecule has 0 spiro atoms. The number of carboxylic acids is 1. The molecule has 2 aromatic heterocycles. The molecular weight excluding hydrogens is 481 g/mol. The number of rotatable bonds is 7. The smallest absolute Gasteiger partial charge is 0.407 e. The predicted octanol–water partition coefficient (Wildman–Crippen LogP) is 3.98. The molecular formula is C26H30FN5O5. The quantitative estimate of drug-likeness (QED) is 0.489. The molecule has 11 heteroatoms. The van der Waals surface area contributed by atoms with Crippen LogP contribution in [0.25, 0.3) is 5.65 Å². The monoisotopic (exact) mass is 511 g/mol. The Kier molecular flexibility index (Phi) is 5.96. The van der Waals surface area contributed by atoms with E-state index in [-0.39, 0.29) is 35.6 Å². The van der Waals surface area contributed by atoms with Gasteiger partial charge >= 0.3 is 12.1 Å². The molecule has 0 bridgehead atoms. The van der Waals surface area contributed by atoms with Gasteiger partial charge in [0, 0.05) is 18.3 Å². The van der Waals surface area contributed by atoms with E-state index in [0.29, 0.717) is 23.7 Å². The number of aromatic carboxylic acids is 1. The van der Waals surface area contributed by atoms with E-state index in [1.165, 1.54) is 22.8 Å². The first kappa shape index (κ1) is 24.8. The number of benzene rings is 1. The van der Waals surface area contributed by atoms with Crippen molar-refractivity contribution < 1.29 is 28.6 Å². The van der Waals surface area contributed by atoms with E-state index in [9.17, 15) is 19.1 Å². The number of hydrogen-bond donors (Lipinski definition) is 2. The van der Waals surface area contributed by atoms with Crippen LogP contribution in [0.3, 0.4) is 0 Å². The van der Waals surface area contributed by atoms with Gasteiger partial charge in [-0.15, -0.1) is 0 Å². The fraction of sp³-hybridized carbons (Fsp3) is 0.462. The number of amides is 1. The van der Waals surface area contributed by atoms with Crippen molar-refractivity contribution in [2.75, 3.05) is 18.1 Å². The number of aromatic nitrogens is 3. The summed E-state index contributed by atoms with van der Waals surface area (Å²) < 4.78 is 27.4. The highest BCUT2D eigenvalue weighted by atomic mass is 19.1. The number of ether oxygens (including phenoxy) is 2. The van der Waals surface area contributed by atoms with E-state index in [2.05, 4.69) is 20.3 Å².